The number of aryl methyl sites for hydroxylation is 1. The molecule has 3 amide bonds. The molecular weight excluding hydrogens is 695 g/mol. The summed E-state index contributed by atoms with van der Waals surface area (Å²) in [6, 6.07) is 17.1. The monoisotopic (exact) mass is 753 g/mol. The molecule has 6 bridgehead atoms. The van der Waals surface area contributed by atoms with Gasteiger partial charge >= 0.3 is 0 Å². The SMILES string of the molecule is Cc1cc2cc(c1)CN(C(=O)CCC(C)C)Cc1cc(cc(OC=O)c1)CN(C(=O)CCC(C)C)Cc1cc(cc(OC=O)c1)CN(C(=O)CCC(C)C)C2. The van der Waals surface area contributed by atoms with Gasteiger partial charge in [-0.05, 0) is 102 Å². The second-order valence-electron chi connectivity index (χ2n) is 16.3. The van der Waals surface area contributed by atoms with Crippen LogP contribution in [0.5, 0.6) is 11.5 Å². The fourth-order valence-electron chi connectivity index (χ4n) is 6.93. The van der Waals surface area contributed by atoms with E-state index in [1.807, 2.05) is 28.9 Å². The van der Waals surface area contributed by atoms with E-state index in [0.29, 0.717) is 81.0 Å². The highest BCUT2D eigenvalue weighted by Crippen LogP contribution is 2.27. The lowest BCUT2D eigenvalue weighted by Gasteiger charge is -2.28. The number of carbonyl (C=O) groups is 5. The van der Waals surface area contributed by atoms with Gasteiger partial charge in [-0.2, -0.15) is 0 Å². The molecule has 1 aliphatic heterocycles. The fourth-order valence-corrected chi connectivity index (χ4v) is 6.93. The number of amides is 3. The van der Waals surface area contributed by atoms with Crippen LogP contribution in [0.2, 0.25) is 0 Å². The smallest absolute Gasteiger partial charge is 0.298 e. The Hall–Kier alpha value is -4.99. The van der Waals surface area contributed by atoms with Crippen LogP contribution in [0.25, 0.3) is 0 Å². The van der Waals surface area contributed by atoms with Crippen molar-refractivity contribution in [2.45, 2.75) is 126 Å². The van der Waals surface area contributed by atoms with Gasteiger partial charge in [0.15, 0.2) is 0 Å². The van der Waals surface area contributed by atoms with Crippen LogP contribution in [0.15, 0.2) is 54.6 Å². The van der Waals surface area contributed by atoms with Crippen molar-refractivity contribution in [3.05, 3.63) is 93.5 Å². The molecule has 1 aliphatic rings. The van der Waals surface area contributed by atoms with Gasteiger partial charge in [-0.3, -0.25) is 24.0 Å². The highest BCUT2D eigenvalue weighted by atomic mass is 16.5. The van der Waals surface area contributed by atoms with Crippen LogP contribution in [-0.4, -0.2) is 45.4 Å². The number of hydrogen-bond donors (Lipinski definition) is 0. The van der Waals surface area contributed by atoms with E-state index in [2.05, 4.69) is 59.7 Å². The quantitative estimate of drug-likeness (QED) is 0.162. The van der Waals surface area contributed by atoms with Crippen molar-refractivity contribution in [2.24, 2.45) is 17.8 Å². The largest absolute Gasteiger partial charge is 0.429 e. The van der Waals surface area contributed by atoms with Crippen LogP contribution in [0.3, 0.4) is 0 Å². The van der Waals surface area contributed by atoms with Crippen molar-refractivity contribution in [3.63, 3.8) is 0 Å². The Labute approximate surface area is 327 Å². The highest BCUT2D eigenvalue weighted by molar-refractivity contribution is 5.77. The summed E-state index contributed by atoms with van der Waals surface area (Å²) in [7, 11) is 0. The Kier molecular flexibility index (Phi) is 16.0. The molecule has 0 fully saturated rings. The van der Waals surface area contributed by atoms with Gasteiger partial charge in [0.05, 0.1) is 0 Å². The minimum absolute atomic E-state index is 0.0113. The molecule has 0 radical (unpaired) electrons. The van der Waals surface area contributed by atoms with Gasteiger partial charge in [0, 0.05) is 58.5 Å². The molecule has 0 spiro atoms. The normalized spacial score (nSPS) is 13.7. The number of fused-ring (bicyclic) bond motifs is 6. The van der Waals surface area contributed by atoms with Gasteiger partial charge < -0.3 is 24.2 Å². The molecule has 4 rings (SSSR count). The van der Waals surface area contributed by atoms with E-state index in [0.717, 1.165) is 51.8 Å². The topological polar surface area (TPSA) is 114 Å². The maximum absolute atomic E-state index is 13.9. The van der Waals surface area contributed by atoms with Crippen LogP contribution in [0, 0.1) is 24.7 Å². The number of nitrogens with zero attached hydrogens (tertiary/aromatic N) is 3. The van der Waals surface area contributed by atoms with Gasteiger partial charge in [0.2, 0.25) is 17.7 Å². The van der Waals surface area contributed by atoms with Crippen LogP contribution >= 0.6 is 0 Å². The lowest BCUT2D eigenvalue weighted by atomic mass is 10.0. The van der Waals surface area contributed by atoms with Gasteiger partial charge in [-0.1, -0.05) is 77.4 Å². The summed E-state index contributed by atoms with van der Waals surface area (Å²) in [4.78, 5) is 70.3. The molecule has 10 nitrogen and oxygen atoms in total. The van der Waals surface area contributed by atoms with Gasteiger partial charge in [-0.15, -0.1) is 0 Å². The maximum Gasteiger partial charge on any atom is 0.298 e. The zero-order valence-corrected chi connectivity index (χ0v) is 33.8. The first-order chi connectivity index (χ1) is 26.2. The predicted molar refractivity (Wildman–Crippen MR) is 212 cm³/mol. The Morgan fingerprint density at radius 2 is 0.745 bits per heavy atom. The van der Waals surface area contributed by atoms with Gasteiger partial charge in [0.25, 0.3) is 12.9 Å². The molecule has 0 aromatic heterocycles. The Bertz CT molecular complexity index is 1690. The molecule has 3 aromatic carbocycles. The summed E-state index contributed by atoms with van der Waals surface area (Å²) in [6.07, 6.45) is 3.30. The van der Waals surface area contributed by atoms with Crippen LogP contribution in [0.1, 0.15) is 119 Å². The van der Waals surface area contributed by atoms with E-state index in [-0.39, 0.29) is 43.9 Å². The summed E-state index contributed by atoms with van der Waals surface area (Å²) in [6.45, 7) is 16.9. The molecule has 0 unspecified atom stereocenters. The first kappa shape index (κ1) is 42.7. The number of benzene rings is 3. The van der Waals surface area contributed by atoms with Gasteiger partial charge in [-0.25, -0.2) is 0 Å². The van der Waals surface area contributed by atoms with Crippen molar-refractivity contribution in [3.8, 4) is 11.5 Å². The number of carbonyl (C=O) groups excluding carboxylic acids is 5. The van der Waals surface area contributed by atoms with E-state index in [4.69, 9.17) is 9.47 Å². The van der Waals surface area contributed by atoms with Crippen LogP contribution in [-0.2, 0) is 63.2 Å². The van der Waals surface area contributed by atoms with E-state index in [9.17, 15) is 24.0 Å². The highest BCUT2D eigenvalue weighted by Gasteiger charge is 2.22. The number of rotatable bonds is 13. The summed E-state index contributed by atoms with van der Waals surface area (Å²) in [5, 5.41) is 0. The van der Waals surface area contributed by atoms with Crippen molar-refractivity contribution in [1.29, 1.82) is 0 Å². The Morgan fingerprint density at radius 1 is 0.491 bits per heavy atom. The minimum Gasteiger partial charge on any atom is -0.429 e. The average molecular weight is 754 g/mol. The molecule has 0 aliphatic carbocycles. The fraction of sp³-hybridized carbons (Fsp3) is 0.489. The standard InChI is InChI=1S/C45H59N3O7/c1-31(2)8-11-43(51)46-23-35-14-34(7)15-36(16-35)24-47(44(52)12-9-32(3)4)26-38-18-40(22-42(20-38)55-30-50)28-48(45(53)13-10-33(5)6)27-39-17-37(25-46)19-41(21-39)54-29-49/h14-22,29-33H,8-13,23-28H2,1-7H3. The van der Waals surface area contributed by atoms with E-state index in [1.165, 1.54) is 0 Å². The number of hydrogen-bond acceptors (Lipinski definition) is 7. The maximum atomic E-state index is 13.9. The second-order valence-corrected chi connectivity index (χ2v) is 16.3. The van der Waals surface area contributed by atoms with E-state index < -0.39 is 0 Å². The molecular formula is C45H59N3O7. The number of ether oxygens (including phenoxy) is 2. The van der Waals surface area contributed by atoms with E-state index >= 15 is 0 Å². The second kappa shape index (κ2) is 20.6. The lowest BCUT2D eigenvalue weighted by molar-refractivity contribution is -0.133. The third-order valence-electron chi connectivity index (χ3n) is 9.72. The molecule has 296 valence electrons. The van der Waals surface area contributed by atoms with E-state index in [1.54, 1.807) is 29.2 Å². The summed E-state index contributed by atoms with van der Waals surface area (Å²) in [5.74, 6) is 1.64. The molecule has 0 atom stereocenters. The lowest BCUT2D eigenvalue weighted by Crippen LogP contribution is -2.32. The average Bonchev–Trinajstić information content (AvgIpc) is 3.10. The van der Waals surface area contributed by atoms with Crippen molar-refractivity contribution in [2.75, 3.05) is 0 Å². The first-order valence-electron chi connectivity index (χ1n) is 19.6. The molecule has 3 aromatic rings. The Morgan fingerprint density at radius 3 is 0.982 bits per heavy atom. The summed E-state index contributed by atoms with van der Waals surface area (Å²) in [5.41, 5.74) is 5.90. The third-order valence-corrected chi connectivity index (χ3v) is 9.72. The predicted octanol–water partition coefficient (Wildman–Crippen LogP) is 8.27. The van der Waals surface area contributed by atoms with Crippen molar-refractivity contribution >= 4 is 30.7 Å². The van der Waals surface area contributed by atoms with Crippen LogP contribution < -0.4 is 9.47 Å². The minimum atomic E-state index is -0.0561. The zero-order chi connectivity index (χ0) is 40.1. The summed E-state index contributed by atoms with van der Waals surface area (Å²) >= 11 is 0. The Balaban J connectivity index is 1.90. The third kappa shape index (κ3) is 14.0. The van der Waals surface area contributed by atoms with Crippen molar-refractivity contribution < 1.29 is 33.4 Å². The molecule has 10 heteroatoms. The molecule has 0 N–H and O–H groups in total. The van der Waals surface area contributed by atoms with Gasteiger partial charge in [0.1, 0.15) is 11.5 Å². The molecule has 1 heterocycles. The zero-order valence-electron chi connectivity index (χ0n) is 33.8. The molecule has 0 saturated carbocycles. The van der Waals surface area contributed by atoms with Crippen molar-refractivity contribution in [1.82, 2.24) is 14.7 Å². The van der Waals surface area contributed by atoms with Crippen LogP contribution in [0.4, 0.5) is 0 Å². The molecule has 55 heavy (non-hydrogen) atoms. The molecule has 0 saturated heterocycles. The summed E-state index contributed by atoms with van der Waals surface area (Å²) < 4.78 is 10.7. The first-order valence-corrected chi connectivity index (χ1v) is 19.6.